The van der Waals surface area contributed by atoms with Crippen LogP contribution in [0.1, 0.15) is 18.4 Å². The summed E-state index contributed by atoms with van der Waals surface area (Å²) in [6.45, 7) is 1.45. The summed E-state index contributed by atoms with van der Waals surface area (Å²) in [4.78, 5) is 14.4. The van der Waals surface area contributed by atoms with Crippen molar-refractivity contribution in [1.82, 2.24) is 4.90 Å². The molecule has 0 saturated carbocycles. The zero-order valence-corrected chi connectivity index (χ0v) is 15.3. The normalized spacial score (nSPS) is 17.7. The topological polar surface area (TPSA) is 92.5 Å². The van der Waals surface area contributed by atoms with Gasteiger partial charge >= 0.3 is 6.03 Å². The molecule has 3 N–H and O–H groups in total. The van der Waals surface area contributed by atoms with E-state index in [1.807, 2.05) is 23.1 Å². The minimum Gasteiger partial charge on any atom is -0.324 e. The zero-order valence-electron chi connectivity index (χ0n) is 14.5. The van der Waals surface area contributed by atoms with Gasteiger partial charge in [0.2, 0.25) is 10.0 Å². The predicted molar refractivity (Wildman–Crippen MR) is 101 cm³/mol. The van der Waals surface area contributed by atoms with Crippen molar-refractivity contribution < 1.29 is 13.2 Å². The largest absolute Gasteiger partial charge is 0.324 e. The lowest BCUT2D eigenvalue weighted by molar-refractivity contribution is 0.177. The average Bonchev–Trinajstić information content (AvgIpc) is 2.62. The predicted octanol–water partition coefficient (Wildman–Crippen LogP) is 2.82. The van der Waals surface area contributed by atoms with Crippen molar-refractivity contribution in [1.29, 1.82) is 0 Å². The number of nitrogens with one attached hydrogen (secondary N) is 1. The summed E-state index contributed by atoms with van der Waals surface area (Å²) in [6.07, 6.45) is 3.06. The Hall–Kier alpha value is -2.38. The first kappa shape index (κ1) is 18.4. The molecule has 1 atom stereocenters. The van der Waals surface area contributed by atoms with Gasteiger partial charge in [-0.25, -0.2) is 18.4 Å². The lowest BCUT2D eigenvalue weighted by Gasteiger charge is -2.33. The van der Waals surface area contributed by atoms with E-state index in [-0.39, 0.29) is 10.9 Å². The number of primary sulfonamides is 1. The van der Waals surface area contributed by atoms with Crippen molar-refractivity contribution in [3.8, 4) is 0 Å². The second-order valence-electron chi connectivity index (χ2n) is 6.64. The van der Waals surface area contributed by atoms with Gasteiger partial charge in [0.05, 0.1) is 4.90 Å². The molecular weight excluding hydrogens is 350 g/mol. The van der Waals surface area contributed by atoms with Crippen LogP contribution in [-0.2, 0) is 16.4 Å². The Bertz CT molecular complexity index is 851. The standard InChI is InChI=1S/C19H23N3O3S/c20-26(24,25)18-10-8-17(9-11-18)21-19(23)22-12-4-7-16(14-22)13-15-5-2-1-3-6-15/h1-3,5-6,8-11,16H,4,7,12-14H2,(H,21,23)(H2,20,24,25). The van der Waals surface area contributed by atoms with Gasteiger partial charge in [0.15, 0.2) is 0 Å². The molecule has 26 heavy (non-hydrogen) atoms. The maximum Gasteiger partial charge on any atom is 0.321 e. The molecule has 2 amide bonds. The molecule has 6 nitrogen and oxygen atoms in total. The zero-order chi connectivity index (χ0) is 18.6. The van der Waals surface area contributed by atoms with E-state index in [1.54, 1.807) is 12.1 Å². The molecule has 138 valence electrons. The summed E-state index contributed by atoms with van der Waals surface area (Å²) in [7, 11) is -3.73. The number of amides is 2. The van der Waals surface area contributed by atoms with E-state index in [4.69, 9.17) is 5.14 Å². The van der Waals surface area contributed by atoms with Crippen molar-refractivity contribution in [3.63, 3.8) is 0 Å². The molecule has 1 heterocycles. The number of anilines is 1. The van der Waals surface area contributed by atoms with E-state index in [1.165, 1.54) is 17.7 Å². The first-order valence-corrected chi connectivity index (χ1v) is 10.2. The Morgan fingerprint density at radius 1 is 1.12 bits per heavy atom. The number of rotatable bonds is 4. The van der Waals surface area contributed by atoms with Gasteiger partial charge in [0.25, 0.3) is 0 Å². The summed E-state index contributed by atoms with van der Waals surface area (Å²) in [6, 6.07) is 16.0. The molecule has 2 aromatic rings. The summed E-state index contributed by atoms with van der Waals surface area (Å²) >= 11 is 0. The summed E-state index contributed by atoms with van der Waals surface area (Å²) in [5.41, 5.74) is 1.84. The molecule has 0 bridgehead atoms. The Morgan fingerprint density at radius 3 is 2.46 bits per heavy atom. The van der Waals surface area contributed by atoms with Gasteiger partial charge in [-0.3, -0.25) is 0 Å². The van der Waals surface area contributed by atoms with Gasteiger partial charge in [-0.05, 0) is 55.0 Å². The molecule has 1 aliphatic rings. The van der Waals surface area contributed by atoms with E-state index >= 15 is 0 Å². The number of nitrogens with two attached hydrogens (primary N) is 1. The molecule has 1 unspecified atom stereocenters. The first-order valence-electron chi connectivity index (χ1n) is 8.64. The molecule has 3 rings (SSSR count). The van der Waals surface area contributed by atoms with Crippen molar-refractivity contribution in [3.05, 3.63) is 60.2 Å². The van der Waals surface area contributed by atoms with E-state index in [0.29, 0.717) is 11.6 Å². The van der Waals surface area contributed by atoms with E-state index in [0.717, 1.165) is 32.4 Å². The average molecular weight is 373 g/mol. The Labute approximate surface area is 154 Å². The van der Waals surface area contributed by atoms with Crippen molar-refractivity contribution >= 4 is 21.7 Å². The minimum atomic E-state index is -3.73. The van der Waals surface area contributed by atoms with Crippen LogP contribution in [0.3, 0.4) is 0 Å². The van der Waals surface area contributed by atoms with E-state index in [9.17, 15) is 13.2 Å². The highest BCUT2D eigenvalue weighted by atomic mass is 32.2. The fraction of sp³-hybridized carbons (Fsp3) is 0.316. The summed E-state index contributed by atoms with van der Waals surface area (Å²) < 4.78 is 22.6. The SMILES string of the molecule is NS(=O)(=O)c1ccc(NC(=O)N2CCCC(Cc3ccccc3)C2)cc1. The van der Waals surface area contributed by atoms with E-state index < -0.39 is 10.0 Å². The van der Waals surface area contributed by atoms with Gasteiger partial charge < -0.3 is 10.2 Å². The van der Waals surface area contributed by atoms with Crippen LogP contribution >= 0.6 is 0 Å². The monoisotopic (exact) mass is 373 g/mol. The van der Waals surface area contributed by atoms with Crippen LogP contribution in [0, 0.1) is 5.92 Å². The highest BCUT2D eigenvalue weighted by Gasteiger charge is 2.24. The van der Waals surface area contributed by atoms with Crippen LogP contribution < -0.4 is 10.5 Å². The first-order chi connectivity index (χ1) is 12.4. The van der Waals surface area contributed by atoms with Gasteiger partial charge in [-0.1, -0.05) is 30.3 Å². The number of benzene rings is 2. The number of hydrogen-bond donors (Lipinski definition) is 2. The second-order valence-corrected chi connectivity index (χ2v) is 8.20. The molecule has 0 aromatic heterocycles. The third-order valence-electron chi connectivity index (χ3n) is 4.61. The van der Waals surface area contributed by atoms with Crippen molar-refractivity contribution in [2.75, 3.05) is 18.4 Å². The number of sulfonamides is 1. The number of urea groups is 1. The van der Waals surface area contributed by atoms with Crippen LogP contribution in [0.15, 0.2) is 59.5 Å². The molecule has 7 heteroatoms. The maximum atomic E-state index is 12.5. The smallest absolute Gasteiger partial charge is 0.321 e. The van der Waals surface area contributed by atoms with Crippen molar-refractivity contribution in [2.45, 2.75) is 24.2 Å². The summed E-state index contributed by atoms with van der Waals surface area (Å²) in [5, 5.41) is 7.91. The minimum absolute atomic E-state index is 0.0244. The molecule has 1 aliphatic heterocycles. The number of piperidine rings is 1. The maximum absolute atomic E-state index is 12.5. The molecule has 1 fully saturated rings. The molecule has 2 aromatic carbocycles. The van der Waals surface area contributed by atoms with Gasteiger partial charge in [-0.15, -0.1) is 0 Å². The van der Waals surface area contributed by atoms with Gasteiger partial charge in [0, 0.05) is 18.8 Å². The lowest BCUT2D eigenvalue weighted by atomic mass is 9.91. The van der Waals surface area contributed by atoms with Crippen molar-refractivity contribution in [2.24, 2.45) is 11.1 Å². The number of hydrogen-bond acceptors (Lipinski definition) is 3. The van der Waals surface area contributed by atoms with Crippen LogP contribution in [0.5, 0.6) is 0 Å². The lowest BCUT2D eigenvalue weighted by Crippen LogP contribution is -2.42. The third-order valence-corrected chi connectivity index (χ3v) is 5.54. The van der Waals surface area contributed by atoms with Crippen LogP contribution in [0.4, 0.5) is 10.5 Å². The van der Waals surface area contributed by atoms with Crippen LogP contribution in [-0.4, -0.2) is 32.4 Å². The number of likely N-dealkylation sites (tertiary alicyclic amines) is 1. The Kier molecular flexibility index (Phi) is 5.58. The molecule has 0 radical (unpaired) electrons. The fourth-order valence-electron chi connectivity index (χ4n) is 3.29. The number of carbonyl (C=O) groups excluding carboxylic acids is 1. The van der Waals surface area contributed by atoms with Crippen LogP contribution in [0.2, 0.25) is 0 Å². The Morgan fingerprint density at radius 2 is 1.81 bits per heavy atom. The second kappa shape index (κ2) is 7.88. The summed E-state index contributed by atoms with van der Waals surface area (Å²) in [5.74, 6) is 0.446. The Balaban J connectivity index is 1.59. The van der Waals surface area contributed by atoms with Crippen LogP contribution in [0.25, 0.3) is 0 Å². The molecule has 1 saturated heterocycles. The number of nitrogens with zero attached hydrogens (tertiary/aromatic N) is 1. The van der Waals surface area contributed by atoms with Gasteiger partial charge in [0.1, 0.15) is 0 Å². The van der Waals surface area contributed by atoms with E-state index in [2.05, 4.69) is 17.4 Å². The quantitative estimate of drug-likeness (QED) is 0.863. The number of carbonyl (C=O) groups is 1. The highest BCUT2D eigenvalue weighted by Crippen LogP contribution is 2.22. The van der Waals surface area contributed by atoms with Gasteiger partial charge in [-0.2, -0.15) is 0 Å². The molecule has 0 aliphatic carbocycles. The third kappa shape index (κ3) is 4.83. The molecular formula is C19H23N3O3S. The highest BCUT2D eigenvalue weighted by molar-refractivity contribution is 7.89. The fourth-order valence-corrected chi connectivity index (χ4v) is 3.81. The molecule has 0 spiro atoms.